The molecule has 0 bridgehead atoms. The van der Waals surface area contributed by atoms with Gasteiger partial charge in [-0.1, -0.05) is 26.0 Å². The SMILES string of the molecule is CC(C)CCCOCc1cccc(S(=O)(=O)Cl)c1. The molecular formula is C13H19ClO3S. The number of rotatable bonds is 7. The monoisotopic (exact) mass is 290 g/mol. The first-order valence-corrected chi connectivity index (χ1v) is 8.32. The quantitative estimate of drug-likeness (QED) is 0.569. The third kappa shape index (κ3) is 5.85. The number of benzene rings is 1. The third-order valence-electron chi connectivity index (χ3n) is 2.52. The summed E-state index contributed by atoms with van der Waals surface area (Å²) in [5.74, 6) is 0.679. The van der Waals surface area contributed by atoms with Gasteiger partial charge in [0.2, 0.25) is 0 Å². The first-order chi connectivity index (χ1) is 8.39. The van der Waals surface area contributed by atoms with E-state index in [-0.39, 0.29) is 4.90 Å². The fourth-order valence-corrected chi connectivity index (χ4v) is 2.39. The molecule has 0 aliphatic heterocycles. The second-order valence-corrected chi connectivity index (χ2v) is 7.24. The van der Waals surface area contributed by atoms with Gasteiger partial charge in [-0.15, -0.1) is 0 Å². The van der Waals surface area contributed by atoms with Gasteiger partial charge in [-0.3, -0.25) is 0 Å². The Bertz CT molecular complexity index is 469. The van der Waals surface area contributed by atoms with Gasteiger partial charge in [0.05, 0.1) is 11.5 Å². The minimum atomic E-state index is -3.66. The Morgan fingerprint density at radius 2 is 2.06 bits per heavy atom. The van der Waals surface area contributed by atoms with E-state index in [1.165, 1.54) is 6.07 Å². The minimum absolute atomic E-state index is 0.118. The normalized spacial score (nSPS) is 12.0. The van der Waals surface area contributed by atoms with Crippen molar-refractivity contribution in [2.45, 2.75) is 38.2 Å². The molecule has 0 aliphatic rings. The molecule has 102 valence electrons. The number of ether oxygens (including phenoxy) is 1. The highest BCUT2D eigenvalue weighted by atomic mass is 35.7. The zero-order valence-electron chi connectivity index (χ0n) is 10.7. The zero-order chi connectivity index (χ0) is 13.6. The first kappa shape index (κ1) is 15.5. The molecule has 1 aromatic carbocycles. The Morgan fingerprint density at radius 1 is 1.33 bits per heavy atom. The average molecular weight is 291 g/mol. The molecule has 0 N–H and O–H groups in total. The van der Waals surface area contributed by atoms with Gasteiger partial charge < -0.3 is 4.74 Å². The fraction of sp³-hybridized carbons (Fsp3) is 0.538. The highest BCUT2D eigenvalue weighted by Gasteiger charge is 2.09. The van der Waals surface area contributed by atoms with E-state index in [2.05, 4.69) is 13.8 Å². The van der Waals surface area contributed by atoms with Crippen molar-refractivity contribution < 1.29 is 13.2 Å². The maximum Gasteiger partial charge on any atom is 0.261 e. The molecule has 5 heteroatoms. The van der Waals surface area contributed by atoms with Crippen LogP contribution in [-0.2, 0) is 20.4 Å². The van der Waals surface area contributed by atoms with E-state index in [1.807, 2.05) is 6.07 Å². The minimum Gasteiger partial charge on any atom is -0.377 e. The molecule has 1 rings (SSSR count). The Morgan fingerprint density at radius 3 is 2.67 bits per heavy atom. The summed E-state index contributed by atoms with van der Waals surface area (Å²) in [4.78, 5) is 0.118. The largest absolute Gasteiger partial charge is 0.377 e. The molecule has 18 heavy (non-hydrogen) atoms. The van der Waals surface area contributed by atoms with E-state index in [1.54, 1.807) is 12.1 Å². The summed E-state index contributed by atoms with van der Waals surface area (Å²) in [5, 5.41) is 0. The number of halogens is 1. The predicted octanol–water partition coefficient (Wildman–Crippen LogP) is 3.57. The average Bonchev–Trinajstić information content (AvgIpc) is 2.27. The van der Waals surface area contributed by atoms with Crippen LogP contribution in [0.4, 0.5) is 0 Å². The van der Waals surface area contributed by atoms with Crippen molar-refractivity contribution in [1.82, 2.24) is 0 Å². The molecule has 0 saturated heterocycles. The van der Waals surface area contributed by atoms with Crippen molar-refractivity contribution in [2.75, 3.05) is 6.61 Å². The lowest BCUT2D eigenvalue weighted by Gasteiger charge is -2.07. The van der Waals surface area contributed by atoms with E-state index in [0.29, 0.717) is 19.1 Å². The van der Waals surface area contributed by atoms with Crippen molar-refractivity contribution >= 4 is 19.7 Å². The Labute approximate surface area is 114 Å². The maximum atomic E-state index is 11.2. The summed E-state index contributed by atoms with van der Waals surface area (Å²) in [6, 6.07) is 6.52. The second-order valence-electron chi connectivity index (χ2n) is 4.67. The van der Waals surface area contributed by atoms with Crippen LogP contribution in [0.2, 0.25) is 0 Å². The molecule has 0 aliphatic carbocycles. The first-order valence-electron chi connectivity index (χ1n) is 6.01. The molecule has 3 nitrogen and oxygen atoms in total. The fourth-order valence-electron chi connectivity index (χ4n) is 1.57. The number of hydrogen-bond acceptors (Lipinski definition) is 3. The smallest absolute Gasteiger partial charge is 0.261 e. The summed E-state index contributed by atoms with van der Waals surface area (Å²) in [7, 11) is 1.63. The van der Waals surface area contributed by atoms with Gasteiger partial charge in [0, 0.05) is 17.3 Å². The molecule has 0 spiro atoms. The summed E-state index contributed by atoms with van der Waals surface area (Å²) in [5.41, 5.74) is 0.821. The van der Waals surface area contributed by atoms with Crippen LogP contribution < -0.4 is 0 Å². The standard InChI is InChI=1S/C13H19ClO3S/c1-11(2)5-4-8-17-10-12-6-3-7-13(9-12)18(14,15)16/h3,6-7,9,11H,4-5,8,10H2,1-2H3. The molecule has 0 fully saturated rings. The van der Waals surface area contributed by atoms with Crippen molar-refractivity contribution in [3.05, 3.63) is 29.8 Å². The molecule has 0 aromatic heterocycles. The molecule has 0 heterocycles. The van der Waals surface area contributed by atoms with Crippen LogP contribution in [0.25, 0.3) is 0 Å². The van der Waals surface area contributed by atoms with Crippen LogP contribution in [0.5, 0.6) is 0 Å². The Hall–Kier alpha value is -0.580. The molecule has 1 aromatic rings. The molecule has 0 amide bonds. The van der Waals surface area contributed by atoms with Crippen molar-refractivity contribution in [2.24, 2.45) is 5.92 Å². The highest BCUT2D eigenvalue weighted by Crippen LogP contribution is 2.16. The topological polar surface area (TPSA) is 43.4 Å². The van der Waals surface area contributed by atoms with Gasteiger partial charge in [-0.2, -0.15) is 0 Å². The molecular weight excluding hydrogens is 272 g/mol. The third-order valence-corrected chi connectivity index (χ3v) is 3.87. The van der Waals surface area contributed by atoms with E-state index in [0.717, 1.165) is 18.4 Å². The maximum absolute atomic E-state index is 11.2. The van der Waals surface area contributed by atoms with Crippen molar-refractivity contribution in [3.63, 3.8) is 0 Å². The van der Waals surface area contributed by atoms with Crippen LogP contribution in [-0.4, -0.2) is 15.0 Å². The lowest BCUT2D eigenvalue weighted by molar-refractivity contribution is 0.115. The van der Waals surface area contributed by atoms with Crippen LogP contribution in [0.3, 0.4) is 0 Å². The Kier molecular flexibility index (Phi) is 6.12. The molecule has 0 radical (unpaired) electrons. The van der Waals surface area contributed by atoms with Crippen LogP contribution >= 0.6 is 10.7 Å². The summed E-state index contributed by atoms with van der Waals surface area (Å²) < 4.78 is 27.8. The van der Waals surface area contributed by atoms with Crippen molar-refractivity contribution in [3.8, 4) is 0 Å². The van der Waals surface area contributed by atoms with Gasteiger partial charge >= 0.3 is 0 Å². The lowest BCUT2D eigenvalue weighted by atomic mass is 10.1. The second kappa shape index (κ2) is 7.12. The summed E-state index contributed by atoms with van der Waals surface area (Å²) in [6.45, 7) is 5.46. The summed E-state index contributed by atoms with van der Waals surface area (Å²) in [6.07, 6.45) is 2.15. The zero-order valence-corrected chi connectivity index (χ0v) is 12.3. The van der Waals surface area contributed by atoms with E-state index >= 15 is 0 Å². The Balaban J connectivity index is 2.44. The van der Waals surface area contributed by atoms with Gasteiger partial charge in [0.1, 0.15) is 0 Å². The molecule has 0 atom stereocenters. The van der Waals surface area contributed by atoms with Crippen LogP contribution in [0.1, 0.15) is 32.3 Å². The van der Waals surface area contributed by atoms with E-state index < -0.39 is 9.05 Å². The van der Waals surface area contributed by atoms with E-state index in [4.69, 9.17) is 15.4 Å². The lowest BCUT2D eigenvalue weighted by Crippen LogP contribution is -1.99. The molecule has 0 unspecified atom stereocenters. The van der Waals surface area contributed by atoms with Gasteiger partial charge in [-0.25, -0.2) is 8.42 Å². The van der Waals surface area contributed by atoms with Crippen LogP contribution in [0.15, 0.2) is 29.2 Å². The van der Waals surface area contributed by atoms with Gasteiger partial charge in [0.25, 0.3) is 9.05 Å². The van der Waals surface area contributed by atoms with Gasteiger partial charge in [0.15, 0.2) is 0 Å². The van der Waals surface area contributed by atoms with Crippen LogP contribution in [0, 0.1) is 5.92 Å². The van der Waals surface area contributed by atoms with Crippen molar-refractivity contribution in [1.29, 1.82) is 0 Å². The molecule has 0 saturated carbocycles. The summed E-state index contributed by atoms with van der Waals surface area (Å²) >= 11 is 0. The van der Waals surface area contributed by atoms with E-state index in [9.17, 15) is 8.42 Å². The van der Waals surface area contributed by atoms with Gasteiger partial charge in [-0.05, 0) is 36.5 Å². The highest BCUT2D eigenvalue weighted by molar-refractivity contribution is 8.13. The predicted molar refractivity (Wildman–Crippen MR) is 73.2 cm³/mol. The number of hydrogen-bond donors (Lipinski definition) is 0.